The second kappa shape index (κ2) is 8.03. The average Bonchev–Trinajstić information content (AvgIpc) is 3.34. The molecule has 1 atom stereocenters. The highest BCUT2D eigenvalue weighted by atomic mass is 31.2. The summed E-state index contributed by atoms with van der Waals surface area (Å²) in [6.45, 7) is 4.93. The third kappa shape index (κ3) is 4.38. The highest BCUT2D eigenvalue weighted by Gasteiger charge is 2.25. The van der Waals surface area contributed by atoms with E-state index < -0.39 is 7.60 Å². The fourth-order valence-electron chi connectivity index (χ4n) is 3.38. The number of aromatic nitrogens is 2. The van der Waals surface area contributed by atoms with Gasteiger partial charge in [0.1, 0.15) is 17.6 Å². The minimum absolute atomic E-state index is 0.0527. The Hall–Kier alpha value is -3.40. The lowest BCUT2D eigenvalue weighted by Crippen LogP contribution is -2.06. The topological polar surface area (TPSA) is 118 Å². The molecule has 3 aromatic rings. The molecular weight excluding hydrogens is 417 g/mol. The first kappa shape index (κ1) is 20.9. The minimum Gasteiger partial charge on any atom is -0.490 e. The van der Waals surface area contributed by atoms with Crippen LogP contribution in [0.2, 0.25) is 0 Å². The molecule has 0 saturated carbocycles. The molecule has 1 aliphatic carbocycles. The maximum Gasteiger partial charge on any atom is 0.373 e. The van der Waals surface area contributed by atoms with Crippen molar-refractivity contribution in [2.75, 3.05) is 6.66 Å². The molecule has 0 fully saturated rings. The van der Waals surface area contributed by atoms with Gasteiger partial charge in [0, 0.05) is 23.4 Å². The van der Waals surface area contributed by atoms with Crippen molar-refractivity contribution in [3.05, 3.63) is 59.2 Å². The summed E-state index contributed by atoms with van der Waals surface area (Å²) in [5.74, 6) is 1.52. The first-order valence-corrected chi connectivity index (χ1v) is 11.6. The predicted octanol–water partition coefficient (Wildman–Crippen LogP) is 4.79. The predicted molar refractivity (Wildman–Crippen MR) is 114 cm³/mol. The van der Waals surface area contributed by atoms with Gasteiger partial charge in [-0.15, -0.1) is 0 Å². The molecule has 8 nitrogen and oxygen atoms in total. The van der Waals surface area contributed by atoms with Crippen LogP contribution in [0.4, 0.5) is 0 Å². The maximum absolute atomic E-state index is 11.7. The van der Waals surface area contributed by atoms with E-state index in [1.54, 1.807) is 30.3 Å². The Labute approximate surface area is 179 Å². The Balaban J connectivity index is 1.66. The van der Waals surface area contributed by atoms with Crippen LogP contribution in [0.3, 0.4) is 0 Å². The normalized spacial score (nSPS) is 14.5. The molecule has 158 valence electrons. The fourth-order valence-corrected chi connectivity index (χ4v) is 3.92. The highest BCUT2D eigenvalue weighted by molar-refractivity contribution is 7.52. The zero-order valence-electron chi connectivity index (χ0n) is 17.2. The SMILES string of the molecule is CC(C)Oc1ccc(-c2nc(-c3cccc4c3CC=C4OP(C)(=O)O)no2)cc1C#N. The van der Waals surface area contributed by atoms with Gasteiger partial charge in [-0.25, -0.2) is 4.57 Å². The third-order valence-corrected chi connectivity index (χ3v) is 5.11. The Kier molecular flexibility index (Phi) is 5.40. The van der Waals surface area contributed by atoms with Crippen molar-refractivity contribution in [2.45, 2.75) is 26.4 Å². The van der Waals surface area contributed by atoms with Crippen LogP contribution in [0, 0.1) is 11.3 Å². The molecule has 4 rings (SSSR count). The molecule has 1 aliphatic rings. The Bertz CT molecular complexity index is 1270. The molecule has 0 saturated heterocycles. The standard InChI is InChI=1S/C22H20N3O5P/c1-13(2)28-19-9-7-14(11-15(19)12-23)22-24-21(25-29-22)18-6-4-5-17-16(18)8-10-20(17)30-31(3,26)27/h4-7,9-11,13H,8H2,1-3H3,(H,26,27). The lowest BCUT2D eigenvalue weighted by molar-refractivity contribution is 0.241. The molecule has 1 unspecified atom stereocenters. The zero-order valence-corrected chi connectivity index (χ0v) is 18.1. The number of hydrogen-bond donors (Lipinski definition) is 1. The molecule has 31 heavy (non-hydrogen) atoms. The van der Waals surface area contributed by atoms with Gasteiger partial charge in [-0.2, -0.15) is 10.2 Å². The number of nitrogens with zero attached hydrogens (tertiary/aromatic N) is 3. The average molecular weight is 437 g/mol. The van der Waals surface area contributed by atoms with Gasteiger partial charge in [0.15, 0.2) is 0 Å². The molecule has 0 spiro atoms. The molecule has 1 aromatic heterocycles. The van der Waals surface area contributed by atoms with E-state index in [2.05, 4.69) is 16.2 Å². The lowest BCUT2D eigenvalue weighted by Gasteiger charge is -2.12. The number of fused-ring (bicyclic) bond motifs is 1. The number of rotatable bonds is 6. The minimum atomic E-state index is -3.67. The van der Waals surface area contributed by atoms with Crippen LogP contribution in [0.25, 0.3) is 28.6 Å². The largest absolute Gasteiger partial charge is 0.490 e. The second-order valence-electron chi connectivity index (χ2n) is 7.41. The van der Waals surface area contributed by atoms with E-state index in [1.807, 2.05) is 26.0 Å². The summed E-state index contributed by atoms with van der Waals surface area (Å²) in [7, 11) is -3.67. The van der Waals surface area contributed by atoms with Gasteiger partial charge < -0.3 is 18.7 Å². The van der Waals surface area contributed by atoms with Gasteiger partial charge in [0.25, 0.3) is 5.89 Å². The third-order valence-electron chi connectivity index (χ3n) is 4.58. The molecule has 0 amide bonds. The summed E-state index contributed by atoms with van der Waals surface area (Å²) in [4.78, 5) is 14.0. The van der Waals surface area contributed by atoms with Crippen LogP contribution in [0.5, 0.6) is 5.75 Å². The molecule has 9 heteroatoms. The lowest BCUT2D eigenvalue weighted by atomic mass is 10.0. The van der Waals surface area contributed by atoms with E-state index in [1.165, 1.54) is 0 Å². The quantitative estimate of drug-likeness (QED) is 0.547. The van der Waals surface area contributed by atoms with Crippen molar-refractivity contribution in [1.82, 2.24) is 10.1 Å². The van der Waals surface area contributed by atoms with Crippen LogP contribution in [-0.2, 0) is 15.5 Å². The van der Waals surface area contributed by atoms with E-state index in [0.29, 0.717) is 34.9 Å². The van der Waals surface area contributed by atoms with Crippen molar-refractivity contribution in [2.24, 2.45) is 0 Å². The van der Waals surface area contributed by atoms with Crippen LogP contribution in [-0.4, -0.2) is 27.8 Å². The summed E-state index contributed by atoms with van der Waals surface area (Å²) in [6.07, 6.45) is 2.22. The van der Waals surface area contributed by atoms with Gasteiger partial charge >= 0.3 is 7.60 Å². The van der Waals surface area contributed by atoms with Gasteiger partial charge in [0.05, 0.1) is 11.7 Å². The molecular formula is C22H20N3O5P. The number of nitriles is 1. The zero-order chi connectivity index (χ0) is 22.2. The first-order valence-electron chi connectivity index (χ1n) is 9.62. The van der Waals surface area contributed by atoms with E-state index in [-0.39, 0.29) is 12.0 Å². The van der Waals surface area contributed by atoms with E-state index in [0.717, 1.165) is 23.4 Å². The molecule has 1 heterocycles. The highest BCUT2D eigenvalue weighted by Crippen LogP contribution is 2.46. The smallest absolute Gasteiger partial charge is 0.373 e. The monoisotopic (exact) mass is 437 g/mol. The van der Waals surface area contributed by atoms with Crippen LogP contribution < -0.4 is 4.74 Å². The van der Waals surface area contributed by atoms with Gasteiger partial charge in [-0.1, -0.05) is 23.4 Å². The Morgan fingerprint density at radius 2 is 2.03 bits per heavy atom. The molecule has 0 bridgehead atoms. The summed E-state index contributed by atoms with van der Waals surface area (Å²) in [6, 6.07) is 12.7. The van der Waals surface area contributed by atoms with E-state index in [4.69, 9.17) is 13.8 Å². The number of ether oxygens (including phenoxy) is 1. The number of allylic oxidation sites excluding steroid dienone is 1. The summed E-state index contributed by atoms with van der Waals surface area (Å²) in [5, 5.41) is 13.5. The summed E-state index contributed by atoms with van der Waals surface area (Å²) in [5.41, 5.74) is 3.34. The summed E-state index contributed by atoms with van der Waals surface area (Å²) < 4.78 is 28.0. The van der Waals surface area contributed by atoms with E-state index in [9.17, 15) is 14.7 Å². The molecule has 2 aromatic carbocycles. The van der Waals surface area contributed by atoms with Gasteiger partial charge in [-0.3, -0.25) is 0 Å². The van der Waals surface area contributed by atoms with Crippen molar-refractivity contribution in [3.63, 3.8) is 0 Å². The first-order chi connectivity index (χ1) is 14.7. The summed E-state index contributed by atoms with van der Waals surface area (Å²) >= 11 is 0. The van der Waals surface area contributed by atoms with E-state index >= 15 is 0 Å². The van der Waals surface area contributed by atoms with Crippen LogP contribution >= 0.6 is 7.60 Å². The Morgan fingerprint density at radius 1 is 1.26 bits per heavy atom. The van der Waals surface area contributed by atoms with Crippen LogP contribution in [0.1, 0.15) is 30.5 Å². The van der Waals surface area contributed by atoms with Gasteiger partial charge in [0.2, 0.25) is 5.82 Å². The molecule has 0 radical (unpaired) electrons. The van der Waals surface area contributed by atoms with Crippen molar-refractivity contribution >= 4 is 13.4 Å². The van der Waals surface area contributed by atoms with Crippen molar-refractivity contribution in [3.8, 4) is 34.7 Å². The van der Waals surface area contributed by atoms with Gasteiger partial charge in [-0.05, 0) is 50.1 Å². The maximum atomic E-state index is 11.7. The number of benzene rings is 2. The van der Waals surface area contributed by atoms with Crippen molar-refractivity contribution in [1.29, 1.82) is 5.26 Å². The van der Waals surface area contributed by atoms with Crippen LogP contribution in [0.15, 0.2) is 47.0 Å². The fraction of sp³-hybridized carbons (Fsp3) is 0.227. The Morgan fingerprint density at radius 3 is 2.74 bits per heavy atom. The second-order valence-corrected chi connectivity index (χ2v) is 9.20. The number of hydrogen-bond acceptors (Lipinski definition) is 7. The molecule has 1 N–H and O–H groups in total. The van der Waals surface area contributed by atoms with Crippen molar-refractivity contribution < 1.29 is 23.2 Å². The molecule has 0 aliphatic heterocycles.